The zero-order valence-corrected chi connectivity index (χ0v) is 17.4. The molecule has 9 heteroatoms. The molecule has 1 atom stereocenters. The van der Waals surface area contributed by atoms with Gasteiger partial charge in [0.15, 0.2) is 11.6 Å². The number of carbonyl (C=O) groups is 1. The van der Waals surface area contributed by atoms with E-state index in [2.05, 4.69) is 26.8 Å². The van der Waals surface area contributed by atoms with Crippen molar-refractivity contribution in [1.29, 1.82) is 0 Å². The number of anilines is 3. The molecule has 0 bridgehead atoms. The Bertz CT molecular complexity index is 1200. The van der Waals surface area contributed by atoms with Crippen LogP contribution in [0.5, 0.6) is 0 Å². The molecule has 2 aliphatic heterocycles. The fourth-order valence-electron chi connectivity index (χ4n) is 4.40. The third-order valence-corrected chi connectivity index (χ3v) is 6.43. The number of carbonyl (C=O) groups excluding carboxylic acids is 1. The molecule has 2 fully saturated rings. The summed E-state index contributed by atoms with van der Waals surface area (Å²) >= 11 is 5.90. The molecule has 1 N–H and O–H groups in total. The van der Waals surface area contributed by atoms with Crippen molar-refractivity contribution in [3.8, 4) is 0 Å². The monoisotopic (exact) mass is 438 g/mol. The number of benzene rings is 1. The van der Waals surface area contributed by atoms with Gasteiger partial charge in [-0.1, -0.05) is 24.2 Å². The second-order valence-corrected chi connectivity index (χ2v) is 8.23. The lowest BCUT2D eigenvalue weighted by atomic mass is 9.83. The number of hydrogen-bond donors (Lipinski definition) is 1. The van der Waals surface area contributed by atoms with Gasteiger partial charge in [-0.15, -0.1) is 0 Å². The van der Waals surface area contributed by atoms with Crippen molar-refractivity contribution in [3.05, 3.63) is 60.2 Å². The van der Waals surface area contributed by atoms with Crippen LogP contribution in [0.4, 0.5) is 21.7 Å². The molecule has 0 radical (unpaired) electrons. The van der Waals surface area contributed by atoms with Crippen LogP contribution in [-0.4, -0.2) is 50.9 Å². The van der Waals surface area contributed by atoms with Crippen molar-refractivity contribution in [2.75, 3.05) is 29.9 Å². The first kappa shape index (κ1) is 19.7. The number of fused-ring (bicyclic) bond motifs is 1. The predicted octanol–water partition coefficient (Wildman–Crippen LogP) is 3.93. The Kier molecular flexibility index (Phi) is 4.74. The Morgan fingerprint density at radius 1 is 1.23 bits per heavy atom. The fraction of sp³-hybridized carbons (Fsp3) is 0.273. The quantitative estimate of drug-likeness (QED) is 0.622. The largest absolute Gasteiger partial charge is 0.354 e. The molecule has 2 aliphatic rings. The van der Waals surface area contributed by atoms with Crippen molar-refractivity contribution in [3.63, 3.8) is 0 Å². The van der Waals surface area contributed by atoms with E-state index in [4.69, 9.17) is 16.6 Å². The molecule has 31 heavy (non-hydrogen) atoms. The van der Waals surface area contributed by atoms with Crippen molar-refractivity contribution < 1.29 is 9.18 Å². The summed E-state index contributed by atoms with van der Waals surface area (Å²) in [5.74, 6) is 0.592. The number of amides is 1. The molecule has 1 unspecified atom stereocenters. The van der Waals surface area contributed by atoms with Gasteiger partial charge in [0.25, 0.3) is 0 Å². The van der Waals surface area contributed by atoms with E-state index in [1.54, 1.807) is 12.1 Å². The summed E-state index contributed by atoms with van der Waals surface area (Å²) in [5.41, 5.74) is 1.24. The highest BCUT2D eigenvalue weighted by molar-refractivity contribution is 6.31. The molecule has 158 valence electrons. The minimum atomic E-state index is -0.550. The number of hydrogen-bond acceptors (Lipinski definition) is 6. The van der Waals surface area contributed by atoms with Gasteiger partial charge in [-0.2, -0.15) is 0 Å². The maximum absolute atomic E-state index is 14.4. The van der Waals surface area contributed by atoms with Crippen LogP contribution in [0.25, 0.3) is 11.0 Å². The molecular weight excluding hydrogens is 419 g/mol. The highest BCUT2D eigenvalue weighted by atomic mass is 35.5. The number of aromatic nitrogens is 3. The lowest BCUT2D eigenvalue weighted by molar-refractivity contribution is -0.140. The topological polar surface area (TPSA) is 74.2 Å². The van der Waals surface area contributed by atoms with E-state index in [1.807, 2.05) is 17.0 Å². The van der Waals surface area contributed by atoms with E-state index in [9.17, 15) is 9.18 Å². The molecule has 3 aromatic rings. The third-order valence-electron chi connectivity index (χ3n) is 6.14. The lowest BCUT2D eigenvalue weighted by Crippen LogP contribution is -2.63. The van der Waals surface area contributed by atoms with Gasteiger partial charge < -0.3 is 15.1 Å². The van der Waals surface area contributed by atoms with Crippen molar-refractivity contribution in [1.82, 2.24) is 19.9 Å². The Morgan fingerprint density at radius 2 is 2.06 bits per heavy atom. The molecule has 2 saturated heterocycles. The summed E-state index contributed by atoms with van der Waals surface area (Å²) in [5, 5.41) is 3.01. The minimum Gasteiger partial charge on any atom is -0.354 e. The molecule has 2 aromatic heterocycles. The van der Waals surface area contributed by atoms with Crippen molar-refractivity contribution in [2.45, 2.75) is 18.4 Å². The van der Waals surface area contributed by atoms with Crippen LogP contribution >= 0.6 is 11.6 Å². The number of nitrogens with zero attached hydrogens (tertiary/aromatic N) is 5. The van der Waals surface area contributed by atoms with E-state index >= 15 is 0 Å². The molecule has 1 spiro atoms. The third kappa shape index (κ3) is 3.27. The maximum Gasteiger partial charge on any atom is 0.246 e. The fourth-order valence-corrected chi connectivity index (χ4v) is 4.57. The molecule has 5 rings (SSSR count). The summed E-state index contributed by atoms with van der Waals surface area (Å²) < 4.78 is 14.4. The highest BCUT2D eigenvalue weighted by Crippen LogP contribution is 2.40. The summed E-state index contributed by atoms with van der Waals surface area (Å²) in [6, 6.07) is 8.52. The van der Waals surface area contributed by atoms with Gasteiger partial charge in [-0.3, -0.25) is 4.79 Å². The molecule has 4 heterocycles. The SMILES string of the molecule is C=CC(=O)N1CCC12CCN(c1ccc3ncnc(Nc4cccc(Cl)c4F)c3n1)C2. The van der Waals surface area contributed by atoms with Gasteiger partial charge in [0.1, 0.15) is 17.7 Å². The second kappa shape index (κ2) is 7.46. The summed E-state index contributed by atoms with van der Waals surface area (Å²) in [6.45, 7) is 5.88. The van der Waals surface area contributed by atoms with Gasteiger partial charge >= 0.3 is 0 Å². The minimum absolute atomic E-state index is 0.0250. The average Bonchev–Trinajstić information content (AvgIpc) is 3.24. The zero-order chi connectivity index (χ0) is 21.6. The van der Waals surface area contributed by atoms with Crippen LogP contribution in [0.15, 0.2) is 49.3 Å². The Balaban J connectivity index is 1.45. The second-order valence-electron chi connectivity index (χ2n) is 7.83. The van der Waals surface area contributed by atoms with Crippen LogP contribution in [-0.2, 0) is 4.79 Å². The Hall–Kier alpha value is -3.26. The van der Waals surface area contributed by atoms with Gasteiger partial charge in [-0.25, -0.2) is 19.3 Å². The van der Waals surface area contributed by atoms with Crippen LogP contribution in [0.2, 0.25) is 5.02 Å². The van der Waals surface area contributed by atoms with Gasteiger partial charge in [0.2, 0.25) is 5.91 Å². The molecule has 0 aliphatic carbocycles. The first-order chi connectivity index (χ1) is 15.0. The number of nitrogens with one attached hydrogen (secondary N) is 1. The highest BCUT2D eigenvalue weighted by Gasteiger charge is 2.51. The van der Waals surface area contributed by atoms with E-state index in [0.717, 1.165) is 31.7 Å². The van der Waals surface area contributed by atoms with E-state index in [-0.39, 0.29) is 22.2 Å². The number of rotatable bonds is 4. The van der Waals surface area contributed by atoms with E-state index < -0.39 is 5.82 Å². The summed E-state index contributed by atoms with van der Waals surface area (Å²) in [7, 11) is 0. The standard InChI is InChI=1S/C22H20ClFN6O/c1-2-18(31)30-11-9-22(30)8-10-29(12-22)17-7-6-16-20(28-17)21(26-13-25-16)27-15-5-3-4-14(23)19(15)24/h2-7,13H,1,8-12H2,(H,25,26,27). The van der Waals surface area contributed by atoms with Crippen LogP contribution < -0.4 is 10.2 Å². The van der Waals surface area contributed by atoms with Gasteiger partial charge in [0, 0.05) is 19.6 Å². The molecule has 1 aromatic carbocycles. The van der Waals surface area contributed by atoms with Crippen molar-refractivity contribution >= 4 is 45.9 Å². The maximum atomic E-state index is 14.4. The van der Waals surface area contributed by atoms with Crippen molar-refractivity contribution in [2.24, 2.45) is 0 Å². The van der Waals surface area contributed by atoms with Gasteiger partial charge in [-0.05, 0) is 43.2 Å². The molecular formula is C22H20ClFN6O. The molecule has 1 amide bonds. The number of likely N-dealkylation sites (tertiary alicyclic amines) is 1. The summed E-state index contributed by atoms with van der Waals surface area (Å²) in [6.07, 6.45) is 4.64. The Morgan fingerprint density at radius 3 is 2.84 bits per heavy atom. The van der Waals surface area contributed by atoms with Gasteiger partial charge in [0.05, 0.1) is 21.8 Å². The zero-order valence-electron chi connectivity index (χ0n) is 16.7. The van der Waals surface area contributed by atoms with Crippen LogP contribution in [0.3, 0.4) is 0 Å². The normalized spacial score (nSPS) is 20.2. The molecule has 0 saturated carbocycles. The first-order valence-electron chi connectivity index (χ1n) is 10.0. The Labute approximate surface area is 183 Å². The molecule has 7 nitrogen and oxygen atoms in total. The van der Waals surface area contributed by atoms with E-state index in [1.165, 1.54) is 18.5 Å². The first-order valence-corrected chi connectivity index (χ1v) is 10.4. The predicted molar refractivity (Wildman–Crippen MR) is 118 cm³/mol. The van der Waals surface area contributed by atoms with Crippen LogP contribution in [0, 0.1) is 5.82 Å². The average molecular weight is 439 g/mol. The number of halogens is 2. The number of pyridine rings is 1. The lowest BCUT2D eigenvalue weighted by Gasteiger charge is -2.50. The van der Waals surface area contributed by atoms with E-state index in [0.29, 0.717) is 23.4 Å². The summed E-state index contributed by atoms with van der Waals surface area (Å²) in [4.78, 5) is 29.5. The smallest absolute Gasteiger partial charge is 0.246 e. The van der Waals surface area contributed by atoms with Crippen LogP contribution in [0.1, 0.15) is 12.8 Å².